The summed E-state index contributed by atoms with van der Waals surface area (Å²) in [5, 5.41) is 12.3. The van der Waals surface area contributed by atoms with Gasteiger partial charge in [-0.05, 0) is 18.6 Å². The number of carbonyl (C=O) groups excluding carboxylic acids is 1. The number of amides is 1. The molecule has 7 heteroatoms. The topological polar surface area (TPSA) is 85.2 Å². The molecule has 1 aromatic carbocycles. The maximum absolute atomic E-state index is 12.5. The van der Waals surface area contributed by atoms with Crippen LogP contribution in [0.5, 0.6) is 0 Å². The molecule has 0 bridgehead atoms. The van der Waals surface area contributed by atoms with Gasteiger partial charge in [-0.15, -0.1) is 0 Å². The van der Waals surface area contributed by atoms with Crippen molar-refractivity contribution in [1.82, 2.24) is 20.2 Å². The van der Waals surface area contributed by atoms with E-state index < -0.39 is 0 Å². The smallest absolute Gasteiger partial charge is 0.263 e. The Kier molecular flexibility index (Phi) is 6.00. The van der Waals surface area contributed by atoms with Crippen molar-refractivity contribution in [2.45, 2.75) is 13.0 Å². The van der Waals surface area contributed by atoms with Crippen molar-refractivity contribution in [3.05, 3.63) is 66.1 Å². The van der Waals surface area contributed by atoms with E-state index in [1.165, 1.54) is 0 Å². The van der Waals surface area contributed by atoms with Crippen molar-refractivity contribution in [2.24, 2.45) is 0 Å². The van der Waals surface area contributed by atoms with Gasteiger partial charge in [0.2, 0.25) is 5.95 Å². The molecular weight excluding hydrogens is 340 g/mol. The third kappa shape index (κ3) is 4.82. The number of carbonyl (C=O) groups is 1. The van der Waals surface area contributed by atoms with Gasteiger partial charge in [-0.1, -0.05) is 30.3 Å². The van der Waals surface area contributed by atoms with Crippen molar-refractivity contribution in [3.8, 4) is 6.07 Å². The minimum absolute atomic E-state index is 0.113. The van der Waals surface area contributed by atoms with Crippen molar-refractivity contribution in [3.63, 3.8) is 0 Å². The zero-order valence-electron chi connectivity index (χ0n) is 15.2. The van der Waals surface area contributed by atoms with Crippen LogP contribution in [0.1, 0.15) is 18.5 Å². The summed E-state index contributed by atoms with van der Waals surface area (Å²) in [6.07, 6.45) is 5.09. The Bertz CT molecular complexity index is 823. The van der Waals surface area contributed by atoms with E-state index in [4.69, 9.17) is 0 Å². The molecule has 0 radical (unpaired) electrons. The Morgan fingerprint density at radius 1 is 1.15 bits per heavy atom. The van der Waals surface area contributed by atoms with E-state index in [2.05, 4.69) is 20.2 Å². The van der Waals surface area contributed by atoms with Crippen molar-refractivity contribution in [2.75, 3.05) is 31.1 Å². The lowest BCUT2D eigenvalue weighted by Gasteiger charge is -2.34. The SMILES string of the molecule is CC(NC(=O)/C(C#N)=C\N1CCN(c2ncccn2)CC1)c1ccccc1. The lowest BCUT2D eigenvalue weighted by molar-refractivity contribution is -0.117. The highest BCUT2D eigenvalue weighted by Gasteiger charge is 2.19. The number of rotatable bonds is 5. The van der Waals surface area contributed by atoms with E-state index in [-0.39, 0.29) is 17.5 Å². The van der Waals surface area contributed by atoms with E-state index in [0.29, 0.717) is 19.0 Å². The first-order chi connectivity index (χ1) is 13.2. The quantitative estimate of drug-likeness (QED) is 0.646. The molecule has 1 aliphatic rings. The van der Waals surface area contributed by atoms with Gasteiger partial charge in [0.25, 0.3) is 5.91 Å². The number of nitrogens with zero attached hydrogens (tertiary/aromatic N) is 5. The fraction of sp³-hybridized carbons (Fsp3) is 0.300. The van der Waals surface area contributed by atoms with Crippen LogP contribution in [0.25, 0.3) is 0 Å². The van der Waals surface area contributed by atoms with Gasteiger partial charge in [-0.2, -0.15) is 5.26 Å². The molecule has 7 nitrogen and oxygen atoms in total. The fourth-order valence-corrected chi connectivity index (χ4v) is 2.93. The van der Waals surface area contributed by atoms with Gasteiger partial charge in [0.05, 0.1) is 6.04 Å². The molecule has 1 amide bonds. The molecule has 0 spiro atoms. The Morgan fingerprint density at radius 2 is 1.81 bits per heavy atom. The first kappa shape index (κ1) is 18.4. The third-order valence-corrected chi connectivity index (χ3v) is 4.47. The Balaban J connectivity index is 1.58. The lowest BCUT2D eigenvalue weighted by Crippen LogP contribution is -2.45. The van der Waals surface area contributed by atoms with Crippen LogP contribution in [0, 0.1) is 11.3 Å². The van der Waals surface area contributed by atoms with Crippen LogP contribution in [0.3, 0.4) is 0 Å². The van der Waals surface area contributed by atoms with Crippen LogP contribution >= 0.6 is 0 Å². The molecule has 2 aromatic rings. The molecule has 1 aliphatic heterocycles. The highest BCUT2D eigenvalue weighted by molar-refractivity contribution is 5.97. The predicted molar refractivity (Wildman–Crippen MR) is 103 cm³/mol. The second kappa shape index (κ2) is 8.81. The second-order valence-electron chi connectivity index (χ2n) is 6.33. The zero-order valence-corrected chi connectivity index (χ0v) is 15.2. The number of benzene rings is 1. The first-order valence-corrected chi connectivity index (χ1v) is 8.91. The number of anilines is 1. The standard InChI is InChI=1S/C20H22N6O/c1-16(17-6-3-2-4-7-17)24-19(27)18(14-21)15-25-10-12-26(13-11-25)20-22-8-5-9-23-20/h2-9,15-16H,10-13H2,1H3,(H,24,27)/b18-15-. The van der Waals surface area contributed by atoms with Gasteiger partial charge >= 0.3 is 0 Å². The molecule has 1 saturated heterocycles. The summed E-state index contributed by atoms with van der Waals surface area (Å²) in [4.78, 5) is 25.1. The molecule has 1 aromatic heterocycles. The first-order valence-electron chi connectivity index (χ1n) is 8.91. The zero-order chi connectivity index (χ0) is 19.1. The minimum Gasteiger partial charge on any atom is -0.373 e. The maximum Gasteiger partial charge on any atom is 0.263 e. The Morgan fingerprint density at radius 3 is 2.44 bits per heavy atom. The number of hydrogen-bond acceptors (Lipinski definition) is 6. The second-order valence-corrected chi connectivity index (χ2v) is 6.33. The van der Waals surface area contributed by atoms with Crippen LogP contribution in [0.15, 0.2) is 60.6 Å². The average molecular weight is 362 g/mol. The number of nitriles is 1. The molecular formula is C20H22N6O. The van der Waals surface area contributed by atoms with E-state index in [1.807, 2.05) is 48.2 Å². The molecule has 1 N–H and O–H groups in total. The van der Waals surface area contributed by atoms with E-state index in [1.54, 1.807) is 24.7 Å². The molecule has 2 heterocycles. The molecule has 1 fully saturated rings. The highest BCUT2D eigenvalue weighted by Crippen LogP contribution is 2.13. The number of piperazine rings is 1. The number of hydrogen-bond donors (Lipinski definition) is 1. The van der Waals surface area contributed by atoms with Crippen molar-refractivity contribution >= 4 is 11.9 Å². The predicted octanol–water partition coefficient (Wildman–Crippen LogP) is 1.88. The number of nitrogens with one attached hydrogen (secondary N) is 1. The maximum atomic E-state index is 12.5. The molecule has 1 atom stereocenters. The molecule has 0 saturated carbocycles. The van der Waals surface area contributed by atoms with Crippen LogP contribution in [-0.2, 0) is 4.79 Å². The summed E-state index contributed by atoms with van der Waals surface area (Å²) in [5.74, 6) is 0.346. The normalized spacial score (nSPS) is 15.8. The monoisotopic (exact) mass is 362 g/mol. The van der Waals surface area contributed by atoms with Crippen LogP contribution in [0.4, 0.5) is 5.95 Å². The Hall–Kier alpha value is -3.40. The molecule has 1 unspecified atom stereocenters. The summed E-state index contributed by atoms with van der Waals surface area (Å²) < 4.78 is 0. The Labute approximate surface area is 159 Å². The summed E-state index contributed by atoms with van der Waals surface area (Å²) in [5.41, 5.74) is 1.11. The molecule has 27 heavy (non-hydrogen) atoms. The average Bonchev–Trinajstić information content (AvgIpc) is 2.73. The van der Waals surface area contributed by atoms with Gasteiger partial charge in [-0.25, -0.2) is 9.97 Å². The van der Waals surface area contributed by atoms with Gasteiger partial charge in [0.15, 0.2) is 0 Å². The summed E-state index contributed by atoms with van der Waals surface area (Å²) >= 11 is 0. The van der Waals surface area contributed by atoms with Gasteiger partial charge in [-0.3, -0.25) is 4.79 Å². The van der Waals surface area contributed by atoms with E-state index >= 15 is 0 Å². The minimum atomic E-state index is -0.359. The van der Waals surface area contributed by atoms with Crippen LogP contribution in [0.2, 0.25) is 0 Å². The van der Waals surface area contributed by atoms with Crippen LogP contribution in [-0.4, -0.2) is 47.0 Å². The molecule has 138 valence electrons. The van der Waals surface area contributed by atoms with Crippen molar-refractivity contribution in [1.29, 1.82) is 5.26 Å². The van der Waals surface area contributed by atoms with E-state index in [9.17, 15) is 10.1 Å². The lowest BCUT2D eigenvalue weighted by atomic mass is 10.1. The summed E-state index contributed by atoms with van der Waals surface area (Å²) in [6, 6.07) is 13.3. The van der Waals surface area contributed by atoms with Crippen molar-refractivity contribution < 1.29 is 4.79 Å². The number of aromatic nitrogens is 2. The highest BCUT2D eigenvalue weighted by atomic mass is 16.1. The fourth-order valence-electron chi connectivity index (χ4n) is 2.93. The largest absolute Gasteiger partial charge is 0.373 e. The van der Waals surface area contributed by atoms with Gasteiger partial charge < -0.3 is 15.1 Å². The van der Waals surface area contributed by atoms with E-state index in [0.717, 1.165) is 18.7 Å². The van der Waals surface area contributed by atoms with Crippen LogP contribution < -0.4 is 10.2 Å². The van der Waals surface area contributed by atoms with Gasteiger partial charge in [0.1, 0.15) is 11.6 Å². The summed E-state index contributed by atoms with van der Waals surface area (Å²) in [6.45, 7) is 4.78. The third-order valence-electron chi connectivity index (χ3n) is 4.47. The molecule has 0 aliphatic carbocycles. The van der Waals surface area contributed by atoms with Gasteiger partial charge in [0, 0.05) is 44.8 Å². The summed E-state index contributed by atoms with van der Waals surface area (Å²) in [7, 11) is 0. The molecule has 3 rings (SSSR count).